The molecule has 0 spiro atoms. The average molecular weight is 508 g/mol. The van der Waals surface area contributed by atoms with E-state index in [2.05, 4.69) is 10.2 Å². The quantitative estimate of drug-likeness (QED) is 0.335. The minimum atomic E-state index is -0.632. The van der Waals surface area contributed by atoms with Gasteiger partial charge in [0.2, 0.25) is 0 Å². The third-order valence-corrected chi connectivity index (χ3v) is 6.01. The number of ether oxygens (including phenoxy) is 1. The van der Waals surface area contributed by atoms with Crippen molar-refractivity contribution in [1.29, 1.82) is 0 Å². The first-order valence-corrected chi connectivity index (χ1v) is 12.2. The Bertz CT molecular complexity index is 1400. The van der Waals surface area contributed by atoms with Crippen LogP contribution in [0.25, 0.3) is 16.6 Å². The molecule has 0 radical (unpaired) electrons. The maximum Gasteiger partial charge on any atom is 0.419 e. The van der Waals surface area contributed by atoms with E-state index in [1.807, 2.05) is 58.9 Å². The van der Waals surface area contributed by atoms with Crippen molar-refractivity contribution in [2.45, 2.75) is 46.6 Å². The summed E-state index contributed by atoms with van der Waals surface area (Å²) in [6.07, 6.45) is 5.02. The van der Waals surface area contributed by atoms with Gasteiger partial charge in [-0.25, -0.2) is 4.79 Å². The average Bonchev–Trinajstić information content (AvgIpc) is 3.46. The van der Waals surface area contributed by atoms with E-state index in [9.17, 15) is 9.59 Å². The van der Waals surface area contributed by atoms with Crippen LogP contribution >= 0.6 is 11.6 Å². The van der Waals surface area contributed by atoms with Crippen molar-refractivity contribution in [3.8, 4) is 5.69 Å². The van der Waals surface area contributed by atoms with Gasteiger partial charge in [0, 0.05) is 29.7 Å². The summed E-state index contributed by atoms with van der Waals surface area (Å²) < 4.78 is 7.08. The largest absolute Gasteiger partial charge is 0.443 e. The van der Waals surface area contributed by atoms with Crippen LogP contribution in [0.3, 0.4) is 0 Å². The van der Waals surface area contributed by atoms with Crippen LogP contribution in [0.1, 0.15) is 49.2 Å². The first-order valence-electron chi connectivity index (χ1n) is 11.9. The third-order valence-electron chi connectivity index (χ3n) is 5.78. The third kappa shape index (κ3) is 5.44. The molecular weight excluding hydrogens is 478 g/mol. The van der Waals surface area contributed by atoms with Gasteiger partial charge in [0.1, 0.15) is 5.60 Å². The van der Waals surface area contributed by atoms with Gasteiger partial charge in [-0.05, 0) is 70.9 Å². The van der Waals surface area contributed by atoms with Gasteiger partial charge in [0.15, 0.2) is 0 Å². The van der Waals surface area contributed by atoms with Crippen LogP contribution in [0.15, 0.2) is 55.0 Å². The smallest absolute Gasteiger partial charge is 0.419 e. The van der Waals surface area contributed by atoms with E-state index in [4.69, 9.17) is 16.3 Å². The Hall–Kier alpha value is -3.65. The lowest BCUT2D eigenvalue weighted by atomic mass is 10.1. The predicted octanol–water partition coefficient (Wildman–Crippen LogP) is 5.67. The summed E-state index contributed by atoms with van der Waals surface area (Å²) in [6.45, 7) is 10.4. The van der Waals surface area contributed by atoms with E-state index in [1.54, 1.807) is 35.6 Å². The van der Waals surface area contributed by atoms with Gasteiger partial charge in [-0.3, -0.25) is 9.36 Å². The fraction of sp³-hybridized carbons (Fsp3) is 0.333. The minimum Gasteiger partial charge on any atom is -0.443 e. The summed E-state index contributed by atoms with van der Waals surface area (Å²) in [6, 6.07) is 11.1. The second-order valence-electron chi connectivity index (χ2n) is 9.64. The molecule has 0 fully saturated rings. The van der Waals surface area contributed by atoms with E-state index in [0.717, 1.165) is 16.5 Å². The summed E-state index contributed by atoms with van der Waals surface area (Å²) in [4.78, 5) is 29.7. The number of amides is 1. The van der Waals surface area contributed by atoms with Gasteiger partial charge in [-0.2, -0.15) is 15.0 Å². The van der Waals surface area contributed by atoms with E-state index >= 15 is 0 Å². The molecule has 2 aromatic carbocycles. The van der Waals surface area contributed by atoms with Crippen LogP contribution in [0.5, 0.6) is 0 Å². The van der Waals surface area contributed by atoms with Crippen molar-refractivity contribution in [3.63, 3.8) is 0 Å². The monoisotopic (exact) mass is 507 g/mol. The second kappa shape index (κ2) is 10.1. The Morgan fingerprint density at radius 1 is 1.08 bits per heavy atom. The molecule has 1 amide bonds. The van der Waals surface area contributed by atoms with E-state index in [1.165, 1.54) is 9.36 Å². The fourth-order valence-corrected chi connectivity index (χ4v) is 4.26. The van der Waals surface area contributed by atoms with E-state index in [0.29, 0.717) is 41.3 Å². The molecule has 0 N–H and O–H groups in total. The maximum absolute atomic E-state index is 13.6. The molecule has 0 aliphatic rings. The summed E-state index contributed by atoms with van der Waals surface area (Å²) in [5.41, 5.74) is 3.11. The molecule has 0 aliphatic carbocycles. The van der Waals surface area contributed by atoms with Gasteiger partial charge < -0.3 is 9.64 Å². The lowest BCUT2D eigenvalue weighted by molar-refractivity contribution is 0.0543. The number of fused-ring (bicyclic) bond motifs is 1. The van der Waals surface area contributed by atoms with Gasteiger partial charge in [-0.15, -0.1) is 0 Å². The maximum atomic E-state index is 13.6. The minimum absolute atomic E-state index is 0.104. The molecule has 36 heavy (non-hydrogen) atoms. The molecule has 0 atom stereocenters. The zero-order valence-corrected chi connectivity index (χ0v) is 21.9. The number of likely N-dealkylation sites (N-methyl/N-ethyl adjacent to an activating group) is 1. The highest BCUT2D eigenvalue weighted by molar-refractivity contribution is 6.31. The van der Waals surface area contributed by atoms with Crippen LogP contribution in [0.4, 0.5) is 4.79 Å². The number of halogens is 1. The van der Waals surface area contributed by atoms with Crippen LogP contribution in [0.2, 0.25) is 5.02 Å². The highest BCUT2D eigenvalue weighted by Gasteiger charge is 2.23. The predicted molar refractivity (Wildman–Crippen MR) is 140 cm³/mol. The Labute approximate surface area is 215 Å². The standard InChI is InChI=1S/C27H30ClN5O3/c1-6-31(25(34)22-15-18(2)7-10-23(22)33-29-12-13-30-33)14-11-19-17-32(26(35)36-27(3,4)5)24-16-20(28)8-9-21(19)24/h7-10,12-13,15-17H,6,11,14H2,1-5H3. The van der Waals surface area contributed by atoms with Crippen LogP contribution in [-0.4, -0.2) is 55.2 Å². The number of aromatic nitrogens is 4. The number of hydrogen-bond acceptors (Lipinski definition) is 5. The van der Waals surface area contributed by atoms with Crippen molar-refractivity contribution in [1.82, 2.24) is 24.5 Å². The van der Waals surface area contributed by atoms with E-state index in [-0.39, 0.29) is 5.91 Å². The van der Waals surface area contributed by atoms with Crippen LogP contribution in [0, 0.1) is 6.92 Å². The first kappa shape index (κ1) is 25.4. The summed E-state index contributed by atoms with van der Waals surface area (Å²) in [7, 11) is 0. The molecule has 8 nitrogen and oxygen atoms in total. The number of rotatable bonds is 6. The fourth-order valence-electron chi connectivity index (χ4n) is 4.10. The van der Waals surface area contributed by atoms with Crippen LogP contribution < -0.4 is 0 Å². The Balaban J connectivity index is 1.62. The molecule has 0 bridgehead atoms. The van der Waals surface area contributed by atoms with Crippen molar-refractivity contribution in [2.75, 3.05) is 13.1 Å². The Morgan fingerprint density at radius 2 is 1.81 bits per heavy atom. The summed E-state index contributed by atoms with van der Waals surface area (Å²) >= 11 is 6.24. The number of benzene rings is 2. The number of nitrogens with zero attached hydrogens (tertiary/aromatic N) is 5. The first-order chi connectivity index (χ1) is 17.1. The molecule has 2 aromatic heterocycles. The molecule has 188 valence electrons. The van der Waals surface area contributed by atoms with Crippen LogP contribution in [-0.2, 0) is 11.2 Å². The molecule has 9 heteroatoms. The molecule has 4 aromatic rings. The number of aryl methyl sites for hydroxylation is 1. The molecule has 0 saturated carbocycles. The van der Waals surface area contributed by atoms with E-state index < -0.39 is 11.7 Å². The Kier molecular flexibility index (Phi) is 7.17. The topological polar surface area (TPSA) is 82.2 Å². The Morgan fingerprint density at radius 3 is 2.47 bits per heavy atom. The lowest BCUT2D eigenvalue weighted by Gasteiger charge is -2.22. The second-order valence-corrected chi connectivity index (χ2v) is 10.1. The molecule has 0 unspecified atom stereocenters. The summed E-state index contributed by atoms with van der Waals surface area (Å²) in [5, 5.41) is 9.83. The summed E-state index contributed by atoms with van der Waals surface area (Å²) in [5.74, 6) is -0.104. The van der Waals surface area contributed by atoms with Gasteiger partial charge >= 0.3 is 6.09 Å². The molecule has 2 heterocycles. The normalized spacial score (nSPS) is 11.6. The number of hydrogen-bond donors (Lipinski definition) is 0. The number of carbonyl (C=O) groups is 2. The molecule has 0 aliphatic heterocycles. The van der Waals surface area contributed by atoms with Crippen molar-refractivity contribution in [2.24, 2.45) is 0 Å². The highest BCUT2D eigenvalue weighted by Crippen LogP contribution is 2.27. The van der Waals surface area contributed by atoms with Crippen molar-refractivity contribution < 1.29 is 14.3 Å². The zero-order valence-electron chi connectivity index (χ0n) is 21.2. The lowest BCUT2D eigenvalue weighted by Crippen LogP contribution is -2.33. The van der Waals surface area contributed by atoms with Gasteiger partial charge in [0.25, 0.3) is 5.91 Å². The zero-order chi connectivity index (χ0) is 26.0. The van der Waals surface area contributed by atoms with Gasteiger partial charge in [0.05, 0.1) is 29.2 Å². The SMILES string of the molecule is CCN(CCc1cn(C(=O)OC(C)(C)C)c2cc(Cl)ccc12)C(=O)c1cc(C)ccc1-n1nccn1. The highest BCUT2D eigenvalue weighted by atomic mass is 35.5. The van der Waals surface area contributed by atoms with Crippen molar-refractivity contribution >= 4 is 34.5 Å². The van der Waals surface area contributed by atoms with Gasteiger partial charge in [-0.1, -0.05) is 29.3 Å². The molecular formula is C27H30ClN5O3. The molecule has 4 rings (SSSR count). The van der Waals surface area contributed by atoms with Crippen molar-refractivity contribution in [3.05, 3.63) is 76.7 Å². The molecule has 0 saturated heterocycles. The number of carbonyl (C=O) groups excluding carboxylic acids is 2.